The van der Waals surface area contributed by atoms with E-state index in [1.807, 2.05) is 32.0 Å². The van der Waals surface area contributed by atoms with Crippen LogP contribution in [0.5, 0.6) is 5.75 Å². The summed E-state index contributed by atoms with van der Waals surface area (Å²) in [6.45, 7) is 6.08. The summed E-state index contributed by atoms with van der Waals surface area (Å²) in [5.74, 6) is 1.65. The minimum Gasteiger partial charge on any atom is -0.486 e. The molecule has 0 bridgehead atoms. The van der Waals surface area contributed by atoms with E-state index in [4.69, 9.17) is 4.74 Å². The summed E-state index contributed by atoms with van der Waals surface area (Å²) in [6.07, 6.45) is 0.707. The Morgan fingerprint density at radius 2 is 1.77 bits per heavy atom. The minimum absolute atomic E-state index is 0.118. The number of aliphatic hydroxyl groups excluding tert-OH is 1. The molecule has 1 aliphatic carbocycles. The molecule has 1 N–H and O–H groups in total. The molecule has 2 aromatic rings. The Hall–Kier alpha value is -1.96. The molecule has 0 radical (unpaired) electrons. The lowest BCUT2D eigenvalue weighted by Gasteiger charge is -2.35. The molecule has 0 amide bonds. The highest BCUT2D eigenvalue weighted by atomic mass is 32.2. The third kappa shape index (κ3) is 4.68. The van der Waals surface area contributed by atoms with Gasteiger partial charge in [0.2, 0.25) is 0 Å². The maximum atomic E-state index is 12.6. The van der Waals surface area contributed by atoms with E-state index in [0.717, 1.165) is 36.6 Å². The highest BCUT2D eigenvalue weighted by Crippen LogP contribution is 2.38. The molecule has 1 aromatic heterocycles. The molecular weight excluding hydrogens is 400 g/mol. The number of aryl methyl sites for hydroxylation is 2. The van der Waals surface area contributed by atoms with Gasteiger partial charge in [0.1, 0.15) is 11.9 Å². The monoisotopic (exact) mass is 430 g/mol. The van der Waals surface area contributed by atoms with Crippen molar-refractivity contribution in [2.75, 3.05) is 25.4 Å². The van der Waals surface area contributed by atoms with Crippen LogP contribution in [0.25, 0.3) is 0 Å². The summed E-state index contributed by atoms with van der Waals surface area (Å²) in [5, 5.41) is 10.7. The lowest BCUT2D eigenvalue weighted by molar-refractivity contribution is -0.0236. The average Bonchev–Trinajstić information content (AvgIpc) is 3.11. The van der Waals surface area contributed by atoms with E-state index >= 15 is 0 Å². The molecule has 162 valence electrons. The summed E-state index contributed by atoms with van der Waals surface area (Å²) < 4.78 is 31.3. The van der Waals surface area contributed by atoms with Gasteiger partial charge < -0.3 is 14.7 Å². The van der Waals surface area contributed by atoms with Crippen molar-refractivity contribution in [3.63, 3.8) is 0 Å². The van der Waals surface area contributed by atoms with E-state index in [0.29, 0.717) is 29.7 Å². The van der Waals surface area contributed by atoms with Crippen LogP contribution in [0, 0.1) is 25.7 Å². The van der Waals surface area contributed by atoms with Gasteiger partial charge in [-0.05, 0) is 62.8 Å². The molecule has 1 saturated heterocycles. The normalized spacial score (nSPS) is 27.0. The van der Waals surface area contributed by atoms with Gasteiger partial charge in [-0.1, -0.05) is 18.2 Å². The zero-order chi connectivity index (χ0) is 21.3. The number of hydrogen-bond acceptors (Lipinski definition) is 6. The Balaban J connectivity index is 1.35. The Morgan fingerprint density at radius 1 is 1.07 bits per heavy atom. The maximum Gasteiger partial charge on any atom is 0.179 e. The van der Waals surface area contributed by atoms with Gasteiger partial charge >= 0.3 is 0 Å². The second kappa shape index (κ2) is 8.65. The second-order valence-electron chi connectivity index (χ2n) is 8.64. The molecule has 1 saturated carbocycles. The molecule has 4 atom stereocenters. The summed E-state index contributed by atoms with van der Waals surface area (Å²) in [7, 11) is -3.27. The van der Waals surface area contributed by atoms with Crippen LogP contribution < -0.4 is 4.74 Å². The predicted octanol–water partition coefficient (Wildman–Crippen LogP) is 2.62. The fourth-order valence-electron chi connectivity index (χ4n) is 4.75. The molecule has 1 aliphatic heterocycles. The first-order valence-corrected chi connectivity index (χ1v) is 12.3. The number of likely N-dealkylation sites (tertiary alicyclic amines) is 1. The Bertz CT molecular complexity index is 980. The third-order valence-electron chi connectivity index (χ3n) is 6.39. The second-order valence-corrected chi connectivity index (χ2v) is 10.8. The molecule has 2 heterocycles. The van der Waals surface area contributed by atoms with Crippen molar-refractivity contribution in [1.82, 2.24) is 9.88 Å². The lowest BCUT2D eigenvalue weighted by atomic mass is 9.78. The van der Waals surface area contributed by atoms with Crippen molar-refractivity contribution in [1.29, 1.82) is 0 Å². The van der Waals surface area contributed by atoms with Crippen molar-refractivity contribution in [2.45, 2.75) is 43.8 Å². The smallest absolute Gasteiger partial charge is 0.179 e. The molecule has 0 spiro atoms. The number of hydrogen-bond donors (Lipinski definition) is 1. The molecule has 2 aliphatic rings. The third-order valence-corrected chi connectivity index (χ3v) is 8.10. The standard InChI is InChI=1S/C23H30N2O4S/c1-16-8-9-22(17(2)24-16)29-23-13-19-15-25(14-18(19)12-21(23)26)10-11-30(27,28)20-6-4-3-5-7-20/h3-9,18-19,21,23,26H,10-15H2,1-2H3/t18-,19+,21+,23+/m0/s1. The van der Waals surface area contributed by atoms with E-state index in [2.05, 4.69) is 9.88 Å². The zero-order valence-electron chi connectivity index (χ0n) is 17.6. The zero-order valence-corrected chi connectivity index (χ0v) is 18.4. The van der Waals surface area contributed by atoms with E-state index in [1.54, 1.807) is 24.3 Å². The van der Waals surface area contributed by atoms with Crippen molar-refractivity contribution in [3.8, 4) is 5.75 Å². The number of sulfone groups is 1. The molecule has 1 aromatic carbocycles. The van der Waals surface area contributed by atoms with Crippen LogP contribution in [-0.4, -0.2) is 61.0 Å². The summed E-state index contributed by atoms with van der Waals surface area (Å²) in [6, 6.07) is 12.5. The lowest BCUT2D eigenvalue weighted by Crippen LogP contribution is -2.42. The average molecular weight is 431 g/mol. The van der Waals surface area contributed by atoms with Gasteiger partial charge in [0.05, 0.1) is 22.4 Å². The number of ether oxygens (including phenoxy) is 1. The van der Waals surface area contributed by atoms with Crippen LogP contribution in [0.1, 0.15) is 24.2 Å². The van der Waals surface area contributed by atoms with Crippen LogP contribution in [0.4, 0.5) is 0 Å². The van der Waals surface area contributed by atoms with Crippen molar-refractivity contribution in [2.24, 2.45) is 11.8 Å². The number of aliphatic hydroxyl groups is 1. The summed E-state index contributed by atoms with van der Waals surface area (Å²) in [5.41, 5.74) is 1.78. The van der Waals surface area contributed by atoms with Crippen LogP contribution in [0.15, 0.2) is 47.4 Å². The summed E-state index contributed by atoms with van der Waals surface area (Å²) in [4.78, 5) is 7.05. The van der Waals surface area contributed by atoms with E-state index < -0.39 is 15.9 Å². The molecule has 7 heteroatoms. The van der Waals surface area contributed by atoms with E-state index in [1.165, 1.54) is 0 Å². The van der Waals surface area contributed by atoms with Gasteiger partial charge in [-0.25, -0.2) is 8.42 Å². The fourth-order valence-corrected chi connectivity index (χ4v) is 6.06. The van der Waals surface area contributed by atoms with Gasteiger partial charge in [0, 0.05) is 25.3 Å². The molecule has 0 unspecified atom stereocenters. The first kappa shape index (κ1) is 21.3. The number of pyridine rings is 1. The number of aromatic nitrogens is 1. The quantitative estimate of drug-likeness (QED) is 0.759. The fraction of sp³-hybridized carbons (Fsp3) is 0.522. The van der Waals surface area contributed by atoms with Gasteiger partial charge in [-0.2, -0.15) is 0 Å². The van der Waals surface area contributed by atoms with Crippen LogP contribution >= 0.6 is 0 Å². The maximum absolute atomic E-state index is 12.6. The molecule has 30 heavy (non-hydrogen) atoms. The van der Waals surface area contributed by atoms with E-state index in [-0.39, 0.29) is 11.9 Å². The first-order valence-electron chi connectivity index (χ1n) is 10.6. The van der Waals surface area contributed by atoms with Gasteiger partial charge in [-0.15, -0.1) is 0 Å². The van der Waals surface area contributed by atoms with Gasteiger partial charge in [0.25, 0.3) is 0 Å². The molecule has 4 rings (SSSR count). The van der Waals surface area contributed by atoms with Crippen molar-refractivity contribution in [3.05, 3.63) is 53.9 Å². The number of benzene rings is 1. The molecular formula is C23H30N2O4S. The largest absolute Gasteiger partial charge is 0.486 e. The van der Waals surface area contributed by atoms with Crippen molar-refractivity contribution < 1.29 is 18.3 Å². The highest BCUT2D eigenvalue weighted by Gasteiger charge is 2.42. The number of fused-ring (bicyclic) bond motifs is 1. The minimum atomic E-state index is -3.27. The Morgan fingerprint density at radius 3 is 2.47 bits per heavy atom. The first-order chi connectivity index (χ1) is 14.3. The number of rotatable bonds is 6. The Labute approximate surface area is 178 Å². The molecule has 6 nitrogen and oxygen atoms in total. The van der Waals surface area contributed by atoms with Crippen LogP contribution in [0.2, 0.25) is 0 Å². The predicted molar refractivity (Wildman–Crippen MR) is 115 cm³/mol. The Kier molecular flexibility index (Phi) is 6.14. The van der Waals surface area contributed by atoms with Crippen LogP contribution in [-0.2, 0) is 9.84 Å². The highest BCUT2D eigenvalue weighted by molar-refractivity contribution is 7.91. The van der Waals surface area contributed by atoms with Gasteiger partial charge in [-0.3, -0.25) is 4.98 Å². The van der Waals surface area contributed by atoms with Gasteiger partial charge in [0.15, 0.2) is 9.84 Å². The van der Waals surface area contributed by atoms with Crippen LogP contribution in [0.3, 0.4) is 0 Å². The summed E-state index contributed by atoms with van der Waals surface area (Å²) >= 11 is 0. The molecule has 2 fully saturated rings. The topological polar surface area (TPSA) is 79.7 Å². The van der Waals surface area contributed by atoms with Crippen molar-refractivity contribution >= 4 is 9.84 Å². The number of nitrogens with zero attached hydrogens (tertiary/aromatic N) is 2. The van der Waals surface area contributed by atoms with E-state index in [9.17, 15) is 13.5 Å². The SMILES string of the molecule is Cc1ccc(O[C@@H]2C[C@@H]3CN(CCS(=O)(=O)c4ccccc4)C[C@@H]3C[C@H]2O)c(C)n1.